The summed E-state index contributed by atoms with van der Waals surface area (Å²) in [7, 11) is 0. The maximum Gasteiger partial charge on any atom is 0.274 e. The Bertz CT molecular complexity index is 536. The molecule has 0 radical (unpaired) electrons. The lowest BCUT2D eigenvalue weighted by molar-refractivity contribution is -0.130. The number of nitrogens with one attached hydrogen (secondary N) is 1. The van der Waals surface area contributed by atoms with Crippen LogP contribution in [0.3, 0.4) is 0 Å². The molecule has 23 heavy (non-hydrogen) atoms. The summed E-state index contributed by atoms with van der Waals surface area (Å²) in [6, 6.07) is 3.48. The number of hydrogen-bond acceptors (Lipinski definition) is 5. The molecule has 1 aromatic rings. The molecule has 0 atom stereocenters. The molecule has 2 rings (SSSR count). The van der Waals surface area contributed by atoms with Crippen LogP contribution in [0.5, 0.6) is 0 Å². The predicted molar refractivity (Wildman–Crippen MR) is 88.1 cm³/mol. The molecule has 1 aliphatic rings. The number of nitrogens with zero attached hydrogens (tertiary/aromatic N) is 4. The molecule has 1 fully saturated rings. The Balaban J connectivity index is 1.87. The summed E-state index contributed by atoms with van der Waals surface area (Å²) in [5.74, 6) is 1.23. The Morgan fingerprint density at radius 3 is 2.30 bits per heavy atom. The molecule has 2 amide bonds. The van der Waals surface area contributed by atoms with Gasteiger partial charge in [-0.25, -0.2) is 0 Å². The van der Waals surface area contributed by atoms with Gasteiger partial charge in [0.25, 0.3) is 5.91 Å². The van der Waals surface area contributed by atoms with Crippen molar-refractivity contribution in [3.63, 3.8) is 0 Å². The normalized spacial score (nSPS) is 15.0. The Morgan fingerprint density at radius 1 is 1.13 bits per heavy atom. The minimum Gasteiger partial charge on any atom is -0.369 e. The zero-order chi connectivity index (χ0) is 16.8. The van der Waals surface area contributed by atoms with E-state index in [1.807, 2.05) is 0 Å². The van der Waals surface area contributed by atoms with Gasteiger partial charge in [0.15, 0.2) is 5.69 Å². The quantitative estimate of drug-likeness (QED) is 0.883. The Morgan fingerprint density at radius 2 is 1.78 bits per heavy atom. The van der Waals surface area contributed by atoms with E-state index in [1.54, 1.807) is 28.9 Å². The average molecular weight is 319 g/mol. The van der Waals surface area contributed by atoms with Gasteiger partial charge in [-0.2, -0.15) is 0 Å². The molecule has 2 heterocycles. The predicted octanol–water partition coefficient (Wildman–Crippen LogP) is 1.24. The average Bonchev–Trinajstić information content (AvgIpc) is 2.54. The van der Waals surface area contributed by atoms with E-state index in [4.69, 9.17) is 0 Å². The highest BCUT2D eigenvalue weighted by Crippen LogP contribution is 2.09. The van der Waals surface area contributed by atoms with E-state index in [9.17, 15) is 9.59 Å². The molecule has 0 spiro atoms. The molecule has 126 valence electrons. The molecule has 0 bridgehead atoms. The minimum atomic E-state index is -0.130. The molecule has 1 aliphatic heterocycles. The van der Waals surface area contributed by atoms with Crippen molar-refractivity contribution in [3.05, 3.63) is 17.8 Å². The molecule has 1 saturated heterocycles. The third-order valence-electron chi connectivity index (χ3n) is 3.92. The van der Waals surface area contributed by atoms with Gasteiger partial charge in [-0.3, -0.25) is 9.59 Å². The second-order valence-electron chi connectivity index (χ2n) is 6.21. The zero-order valence-corrected chi connectivity index (χ0v) is 14.1. The smallest absolute Gasteiger partial charge is 0.274 e. The highest BCUT2D eigenvalue weighted by atomic mass is 16.2. The van der Waals surface area contributed by atoms with Gasteiger partial charge in [0.05, 0.1) is 0 Å². The first-order valence-corrected chi connectivity index (χ1v) is 8.09. The van der Waals surface area contributed by atoms with Crippen molar-refractivity contribution in [1.29, 1.82) is 0 Å². The second-order valence-corrected chi connectivity index (χ2v) is 6.21. The van der Waals surface area contributed by atoms with Crippen LogP contribution in [0.2, 0.25) is 0 Å². The van der Waals surface area contributed by atoms with Gasteiger partial charge in [-0.05, 0) is 24.5 Å². The summed E-state index contributed by atoms with van der Waals surface area (Å²) in [6.07, 6.45) is 1.06. The zero-order valence-electron chi connectivity index (χ0n) is 14.1. The summed E-state index contributed by atoms with van der Waals surface area (Å²) in [5.41, 5.74) is 0.343. The van der Waals surface area contributed by atoms with Crippen LogP contribution in [0.1, 0.15) is 37.7 Å². The van der Waals surface area contributed by atoms with Crippen LogP contribution in [-0.2, 0) is 4.79 Å². The van der Waals surface area contributed by atoms with E-state index in [-0.39, 0.29) is 11.8 Å². The van der Waals surface area contributed by atoms with Crippen molar-refractivity contribution in [2.45, 2.75) is 27.2 Å². The molecule has 1 aromatic heterocycles. The highest BCUT2D eigenvalue weighted by molar-refractivity contribution is 5.92. The van der Waals surface area contributed by atoms with Crippen molar-refractivity contribution in [2.75, 3.05) is 38.0 Å². The molecule has 0 saturated carbocycles. The van der Waals surface area contributed by atoms with Crippen molar-refractivity contribution in [2.24, 2.45) is 5.92 Å². The Kier molecular flexibility index (Phi) is 5.90. The van der Waals surface area contributed by atoms with E-state index < -0.39 is 0 Å². The Hall–Kier alpha value is -2.18. The van der Waals surface area contributed by atoms with Crippen LogP contribution in [0.15, 0.2) is 12.1 Å². The summed E-state index contributed by atoms with van der Waals surface area (Å²) < 4.78 is 0. The number of carbonyl (C=O) groups is 2. The topological polar surface area (TPSA) is 78.4 Å². The number of aromatic nitrogens is 2. The Labute approximate surface area is 137 Å². The number of carbonyl (C=O) groups excluding carboxylic acids is 2. The van der Waals surface area contributed by atoms with Crippen molar-refractivity contribution < 1.29 is 9.59 Å². The number of hydrogen-bond donors (Lipinski definition) is 1. The second kappa shape index (κ2) is 7.89. The van der Waals surface area contributed by atoms with Crippen LogP contribution >= 0.6 is 0 Å². The molecule has 0 aromatic carbocycles. The lowest BCUT2D eigenvalue weighted by Gasteiger charge is -2.33. The summed E-state index contributed by atoms with van der Waals surface area (Å²) in [5, 5.41) is 11.3. The van der Waals surface area contributed by atoms with Gasteiger partial charge in [0.2, 0.25) is 5.91 Å². The van der Waals surface area contributed by atoms with Gasteiger partial charge in [0, 0.05) is 39.6 Å². The first-order valence-electron chi connectivity index (χ1n) is 8.09. The fraction of sp³-hybridized carbons (Fsp3) is 0.625. The molecular formula is C16H25N5O2. The lowest BCUT2D eigenvalue weighted by atomic mass is 10.1. The van der Waals surface area contributed by atoms with E-state index in [0.29, 0.717) is 43.6 Å². The monoisotopic (exact) mass is 319 g/mol. The number of anilines is 1. The van der Waals surface area contributed by atoms with Crippen LogP contribution in [0.25, 0.3) is 0 Å². The minimum absolute atomic E-state index is 0.0497. The number of rotatable bonds is 5. The molecule has 7 heteroatoms. The maximum atomic E-state index is 12.4. The molecule has 0 aliphatic carbocycles. The van der Waals surface area contributed by atoms with Gasteiger partial charge in [-0.1, -0.05) is 13.8 Å². The maximum absolute atomic E-state index is 12.4. The van der Waals surface area contributed by atoms with Gasteiger partial charge in [0.1, 0.15) is 5.82 Å². The fourth-order valence-electron chi connectivity index (χ4n) is 2.42. The largest absolute Gasteiger partial charge is 0.369 e. The van der Waals surface area contributed by atoms with Crippen molar-refractivity contribution >= 4 is 17.6 Å². The third-order valence-corrected chi connectivity index (χ3v) is 3.92. The molecule has 7 nitrogen and oxygen atoms in total. The van der Waals surface area contributed by atoms with E-state index >= 15 is 0 Å². The van der Waals surface area contributed by atoms with Crippen LogP contribution in [0, 0.1) is 5.92 Å². The van der Waals surface area contributed by atoms with E-state index in [1.165, 1.54) is 0 Å². The SMILES string of the molecule is CC(=O)N1CCN(C(=O)c2ccc(NCCC(C)C)nn2)CC1. The lowest BCUT2D eigenvalue weighted by Crippen LogP contribution is -2.50. The summed E-state index contributed by atoms with van der Waals surface area (Å²) in [6.45, 7) is 8.94. The van der Waals surface area contributed by atoms with Crippen molar-refractivity contribution in [1.82, 2.24) is 20.0 Å². The standard InChI is InChI=1S/C16H25N5O2/c1-12(2)6-7-17-15-5-4-14(18-19-15)16(23)21-10-8-20(9-11-21)13(3)22/h4-5,12H,6-11H2,1-3H3,(H,17,19). The molecule has 1 N–H and O–H groups in total. The number of piperazine rings is 1. The fourth-order valence-corrected chi connectivity index (χ4v) is 2.42. The summed E-state index contributed by atoms with van der Waals surface area (Å²) in [4.78, 5) is 27.2. The van der Waals surface area contributed by atoms with Crippen molar-refractivity contribution in [3.8, 4) is 0 Å². The van der Waals surface area contributed by atoms with E-state index in [0.717, 1.165) is 13.0 Å². The first-order chi connectivity index (χ1) is 11.0. The first kappa shape index (κ1) is 17.2. The van der Waals surface area contributed by atoms with Gasteiger partial charge >= 0.3 is 0 Å². The van der Waals surface area contributed by atoms with Crippen LogP contribution in [-0.4, -0.2) is 64.5 Å². The highest BCUT2D eigenvalue weighted by Gasteiger charge is 2.24. The van der Waals surface area contributed by atoms with E-state index in [2.05, 4.69) is 29.4 Å². The molecular weight excluding hydrogens is 294 g/mol. The third kappa shape index (κ3) is 4.91. The van der Waals surface area contributed by atoms with Crippen LogP contribution < -0.4 is 5.32 Å². The van der Waals surface area contributed by atoms with Gasteiger partial charge in [-0.15, -0.1) is 10.2 Å². The van der Waals surface area contributed by atoms with Crippen LogP contribution in [0.4, 0.5) is 5.82 Å². The van der Waals surface area contributed by atoms with Gasteiger partial charge < -0.3 is 15.1 Å². The summed E-state index contributed by atoms with van der Waals surface area (Å²) >= 11 is 0. The number of amides is 2. The molecule has 0 unspecified atom stereocenters.